The minimum Gasteiger partial charge on any atom is -0.469 e. The highest BCUT2D eigenvalue weighted by Crippen LogP contribution is 2.23. The molecule has 4 nitrogen and oxygen atoms in total. The van der Waals surface area contributed by atoms with E-state index in [2.05, 4.69) is 4.74 Å². The van der Waals surface area contributed by atoms with Crippen molar-refractivity contribution < 1.29 is 19.4 Å². The zero-order valence-electron chi connectivity index (χ0n) is 8.73. The molecule has 0 aliphatic carbocycles. The molecular formula is C10H18O4. The van der Waals surface area contributed by atoms with E-state index >= 15 is 0 Å². The molecule has 0 radical (unpaired) electrons. The monoisotopic (exact) mass is 202 g/mol. The molecule has 1 saturated heterocycles. The van der Waals surface area contributed by atoms with Crippen molar-refractivity contribution in [1.29, 1.82) is 0 Å². The van der Waals surface area contributed by atoms with Gasteiger partial charge in [-0.3, -0.25) is 4.79 Å². The normalized spacial score (nSPS) is 25.8. The first-order chi connectivity index (χ1) is 6.70. The van der Waals surface area contributed by atoms with E-state index in [9.17, 15) is 9.90 Å². The minimum atomic E-state index is -0.727. The van der Waals surface area contributed by atoms with E-state index in [1.54, 1.807) is 0 Å². The first-order valence-electron chi connectivity index (χ1n) is 5.08. The molecule has 82 valence electrons. The SMILES string of the molecule is CCC(C(=O)OC)C(O)C1CCCO1. The summed E-state index contributed by atoms with van der Waals surface area (Å²) in [7, 11) is 1.34. The predicted octanol–water partition coefficient (Wildman–Crippen LogP) is 0.726. The Morgan fingerprint density at radius 2 is 2.43 bits per heavy atom. The summed E-state index contributed by atoms with van der Waals surface area (Å²) in [4.78, 5) is 11.3. The van der Waals surface area contributed by atoms with Gasteiger partial charge < -0.3 is 14.6 Å². The van der Waals surface area contributed by atoms with Gasteiger partial charge in [0.25, 0.3) is 0 Å². The van der Waals surface area contributed by atoms with E-state index in [0.717, 1.165) is 12.8 Å². The van der Waals surface area contributed by atoms with E-state index in [4.69, 9.17) is 4.74 Å². The molecule has 1 aliphatic heterocycles. The largest absolute Gasteiger partial charge is 0.469 e. The molecular weight excluding hydrogens is 184 g/mol. The number of esters is 1. The Hall–Kier alpha value is -0.610. The summed E-state index contributed by atoms with van der Waals surface area (Å²) in [5.41, 5.74) is 0. The highest BCUT2D eigenvalue weighted by Gasteiger charge is 2.34. The lowest BCUT2D eigenvalue weighted by atomic mass is 9.94. The predicted molar refractivity (Wildman–Crippen MR) is 50.8 cm³/mol. The molecule has 3 unspecified atom stereocenters. The van der Waals surface area contributed by atoms with E-state index in [1.807, 2.05) is 6.92 Å². The second-order valence-electron chi connectivity index (χ2n) is 3.58. The van der Waals surface area contributed by atoms with Crippen molar-refractivity contribution in [1.82, 2.24) is 0 Å². The number of methoxy groups -OCH3 is 1. The van der Waals surface area contributed by atoms with Crippen LogP contribution in [0.2, 0.25) is 0 Å². The number of carbonyl (C=O) groups is 1. The van der Waals surface area contributed by atoms with Crippen molar-refractivity contribution in [2.75, 3.05) is 13.7 Å². The van der Waals surface area contributed by atoms with Crippen molar-refractivity contribution in [3.63, 3.8) is 0 Å². The summed E-state index contributed by atoms with van der Waals surface area (Å²) < 4.78 is 9.96. The van der Waals surface area contributed by atoms with Gasteiger partial charge in [-0.2, -0.15) is 0 Å². The van der Waals surface area contributed by atoms with Crippen molar-refractivity contribution in [3.8, 4) is 0 Å². The Balaban J connectivity index is 2.54. The van der Waals surface area contributed by atoms with Gasteiger partial charge in [0.2, 0.25) is 0 Å². The Morgan fingerprint density at radius 1 is 1.71 bits per heavy atom. The zero-order chi connectivity index (χ0) is 10.6. The average Bonchev–Trinajstić information content (AvgIpc) is 2.71. The van der Waals surface area contributed by atoms with Crippen LogP contribution in [-0.2, 0) is 14.3 Å². The van der Waals surface area contributed by atoms with Gasteiger partial charge in [-0.1, -0.05) is 6.92 Å². The molecule has 1 aliphatic rings. The van der Waals surface area contributed by atoms with Crippen LogP contribution < -0.4 is 0 Å². The van der Waals surface area contributed by atoms with Crippen LogP contribution in [0.3, 0.4) is 0 Å². The van der Waals surface area contributed by atoms with Crippen molar-refractivity contribution in [2.24, 2.45) is 5.92 Å². The Morgan fingerprint density at radius 3 is 2.86 bits per heavy atom. The van der Waals surface area contributed by atoms with E-state index in [0.29, 0.717) is 13.0 Å². The summed E-state index contributed by atoms with van der Waals surface area (Å²) in [5.74, 6) is -0.807. The standard InChI is InChI=1S/C10H18O4/c1-3-7(10(12)13-2)9(11)8-5-4-6-14-8/h7-9,11H,3-6H2,1-2H3. The Labute approximate surface area is 84.2 Å². The number of rotatable bonds is 4. The Kier molecular flexibility index (Phi) is 4.35. The third kappa shape index (κ3) is 2.45. The maximum atomic E-state index is 11.3. The van der Waals surface area contributed by atoms with Gasteiger partial charge in [-0.25, -0.2) is 0 Å². The van der Waals surface area contributed by atoms with E-state index < -0.39 is 12.0 Å². The number of aliphatic hydroxyl groups is 1. The van der Waals surface area contributed by atoms with E-state index in [1.165, 1.54) is 7.11 Å². The maximum absolute atomic E-state index is 11.3. The lowest BCUT2D eigenvalue weighted by Gasteiger charge is -2.23. The number of hydrogen-bond acceptors (Lipinski definition) is 4. The van der Waals surface area contributed by atoms with Crippen LogP contribution in [-0.4, -0.2) is 37.0 Å². The number of aliphatic hydroxyl groups excluding tert-OH is 1. The van der Waals surface area contributed by atoms with Gasteiger partial charge in [-0.15, -0.1) is 0 Å². The van der Waals surface area contributed by atoms with Gasteiger partial charge in [0, 0.05) is 6.61 Å². The van der Waals surface area contributed by atoms with Crippen LogP contribution in [0, 0.1) is 5.92 Å². The molecule has 1 N–H and O–H groups in total. The zero-order valence-corrected chi connectivity index (χ0v) is 8.73. The van der Waals surface area contributed by atoms with E-state index in [-0.39, 0.29) is 12.1 Å². The third-order valence-corrected chi connectivity index (χ3v) is 2.70. The molecule has 0 aromatic heterocycles. The van der Waals surface area contributed by atoms with Gasteiger partial charge in [0.15, 0.2) is 0 Å². The van der Waals surface area contributed by atoms with Crippen LogP contribution >= 0.6 is 0 Å². The van der Waals surface area contributed by atoms with Crippen molar-refractivity contribution in [2.45, 2.75) is 38.4 Å². The van der Waals surface area contributed by atoms with Crippen molar-refractivity contribution in [3.05, 3.63) is 0 Å². The molecule has 3 atom stereocenters. The van der Waals surface area contributed by atoms with Gasteiger partial charge in [-0.05, 0) is 19.3 Å². The molecule has 0 amide bonds. The molecule has 14 heavy (non-hydrogen) atoms. The van der Waals surface area contributed by atoms with Crippen LogP contribution in [0.5, 0.6) is 0 Å². The van der Waals surface area contributed by atoms with Crippen LogP contribution in [0.1, 0.15) is 26.2 Å². The third-order valence-electron chi connectivity index (χ3n) is 2.70. The summed E-state index contributed by atoms with van der Waals surface area (Å²) in [6.07, 6.45) is 1.44. The molecule has 1 rings (SSSR count). The van der Waals surface area contributed by atoms with Crippen LogP contribution in [0.25, 0.3) is 0 Å². The fourth-order valence-electron chi connectivity index (χ4n) is 1.83. The highest BCUT2D eigenvalue weighted by molar-refractivity contribution is 5.72. The lowest BCUT2D eigenvalue weighted by molar-refractivity contribution is -0.153. The number of hydrogen-bond donors (Lipinski definition) is 1. The first-order valence-corrected chi connectivity index (χ1v) is 5.08. The van der Waals surface area contributed by atoms with Gasteiger partial charge in [0.05, 0.1) is 25.2 Å². The first kappa shape index (κ1) is 11.5. The smallest absolute Gasteiger partial charge is 0.311 e. The summed E-state index contributed by atoms with van der Waals surface area (Å²) in [5, 5.41) is 9.88. The van der Waals surface area contributed by atoms with Crippen molar-refractivity contribution >= 4 is 5.97 Å². The molecule has 4 heteroatoms. The lowest BCUT2D eigenvalue weighted by Crippen LogP contribution is -2.37. The van der Waals surface area contributed by atoms with Gasteiger partial charge in [0.1, 0.15) is 0 Å². The second kappa shape index (κ2) is 5.32. The molecule has 0 aromatic carbocycles. The van der Waals surface area contributed by atoms with Crippen LogP contribution in [0.15, 0.2) is 0 Å². The Bertz CT molecular complexity index is 187. The van der Waals surface area contributed by atoms with Crippen LogP contribution in [0.4, 0.5) is 0 Å². The highest BCUT2D eigenvalue weighted by atomic mass is 16.5. The fourth-order valence-corrected chi connectivity index (χ4v) is 1.83. The fraction of sp³-hybridized carbons (Fsp3) is 0.900. The minimum absolute atomic E-state index is 0.195. The summed E-state index contributed by atoms with van der Waals surface area (Å²) >= 11 is 0. The quantitative estimate of drug-likeness (QED) is 0.683. The maximum Gasteiger partial charge on any atom is 0.311 e. The molecule has 0 aromatic rings. The molecule has 1 heterocycles. The molecule has 0 spiro atoms. The molecule has 0 saturated carbocycles. The topological polar surface area (TPSA) is 55.8 Å². The molecule has 0 bridgehead atoms. The number of ether oxygens (including phenoxy) is 2. The van der Waals surface area contributed by atoms with Gasteiger partial charge >= 0.3 is 5.97 Å². The second-order valence-corrected chi connectivity index (χ2v) is 3.58. The summed E-state index contributed by atoms with van der Waals surface area (Å²) in [6.45, 7) is 2.54. The average molecular weight is 202 g/mol. The molecule has 1 fully saturated rings. The number of carbonyl (C=O) groups excluding carboxylic acids is 1. The summed E-state index contributed by atoms with van der Waals surface area (Å²) in [6, 6.07) is 0.